The van der Waals surface area contributed by atoms with Gasteiger partial charge in [-0.25, -0.2) is 9.97 Å². The summed E-state index contributed by atoms with van der Waals surface area (Å²) in [5, 5.41) is 0. The number of carbonyl (C=O) groups is 1. The van der Waals surface area contributed by atoms with Crippen molar-refractivity contribution < 1.29 is 14.3 Å². The largest absolute Gasteiger partial charge is 0.462 e. The Labute approximate surface area is 142 Å². The second kappa shape index (κ2) is 8.40. The maximum Gasteiger partial charge on any atom is 0.316 e. The minimum Gasteiger partial charge on any atom is -0.462 e. The lowest BCUT2D eigenvalue weighted by atomic mass is 10.1. The number of nitrogens with two attached hydrogens (primary N) is 1. The average Bonchev–Trinajstić information content (AvgIpc) is 3.42. The predicted molar refractivity (Wildman–Crippen MR) is 92.7 cm³/mol. The second-order valence-corrected chi connectivity index (χ2v) is 5.72. The molecular weight excluding hydrogens is 306 g/mol. The van der Waals surface area contributed by atoms with E-state index in [1.165, 1.54) is 0 Å². The molecule has 1 aliphatic rings. The first-order valence-corrected chi connectivity index (χ1v) is 7.88. The van der Waals surface area contributed by atoms with Gasteiger partial charge in [0, 0.05) is 37.4 Å². The molecular formula is C18H23N3O3. The SMILES string of the molecule is CCOC.Nc1ccc(-c2cnc(OCC3(C=O)CC3)nc2)cc1. The van der Waals surface area contributed by atoms with Crippen molar-refractivity contribution in [1.82, 2.24) is 9.97 Å². The molecule has 2 N–H and O–H groups in total. The number of benzene rings is 1. The highest BCUT2D eigenvalue weighted by Crippen LogP contribution is 2.43. The van der Waals surface area contributed by atoms with Gasteiger partial charge in [-0.05, 0) is 37.5 Å². The van der Waals surface area contributed by atoms with Gasteiger partial charge in [0.15, 0.2) is 0 Å². The smallest absolute Gasteiger partial charge is 0.316 e. The first kappa shape index (κ1) is 17.9. The van der Waals surface area contributed by atoms with Crippen molar-refractivity contribution in [2.24, 2.45) is 5.41 Å². The molecule has 3 rings (SSSR count). The summed E-state index contributed by atoms with van der Waals surface area (Å²) in [7, 11) is 1.68. The molecule has 6 heteroatoms. The van der Waals surface area contributed by atoms with Crippen LogP contribution in [0.4, 0.5) is 5.69 Å². The molecule has 1 aromatic heterocycles. The van der Waals surface area contributed by atoms with Crippen LogP contribution in [0, 0.1) is 5.41 Å². The van der Waals surface area contributed by atoms with E-state index >= 15 is 0 Å². The molecule has 128 valence electrons. The molecule has 1 aromatic carbocycles. The number of ether oxygens (including phenoxy) is 2. The Morgan fingerprint density at radius 2 is 1.75 bits per heavy atom. The van der Waals surface area contributed by atoms with E-state index < -0.39 is 0 Å². The van der Waals surface area contributed by atoms with Crippen LogP contribution in [-0.2, 0) is 9.53 Å². The third kappa shape index (κ3) is 5.03. The molecule has 1 fully saturated rings. The van der Waals surface area contributed by atoms with Gasteiger partial charge < -0.3 is 20.0 Å². The van der Waals surface area contributed by atoms with Crippen molar-refractivity contribution in [2.45, 2.75) is 19.8 Å². The van der Waals surface area contributed by atoms with Crippen LogP contribution in [0.3, 0.4) is 0 Å². The Hall–Kier alpha value is -2.47. The highest BCUT2D eigenvalue weighted by atomic mass is 16.5. The third-order valence-corrected chi connectivity index (χ3v) is 3.79. The lowest BCUT2D eigenvalue weighted by Gasteiger charge is -2.08. The Kier molecular flexibility index (Phi) is 6.26. The van der Waals surface area contributed by atoms with E-state index in [4.69, 9.17) is 10.5 Å². The fraction of sp³-hybridized carbons (Fsp3) is 0.389. The molecule has 0 atom stereocenters. The van der Waals surface area contributed by atoms with Crippen LogP contribution in [0.1, 0.15) is 19.8 Å². The number of aldehydes is 1. The standard InChI is InChI=1S/C15H15N3O2.C3H8O/c16-13-3-1-11(2-4-13)12-7-17-14(18-8-12)20-10-15(9-19)5-6-15;1-3-4-2/h1-4,7-9H,5-6,10,16H2;3H2,1-2H3. The molecule has 0 amide bonds. The van der Waals surface area contributed by atoms with Gasteiger partial charge in [0.25, 0.3) is 0 Å². The molecule has 2 aromatic rings. The molecule has 0 radical (unpaired) electrons. The van der Waals surface area contributed by atoms with Gasteiger partial charge in [-0.15, -0.1) is 0 Å². The highest BCUT2D eigenvalue weighted by Gasteiger charge is 2.43. The maximum atomic E-state index is 10.8. The Morgan fingerprint density at radius 3 is 2.21 bits per heavy atom. The highest BCUT2D eigenvalue weighted by molar-refractivity contribution is 5.64. The molecule has 0 unspecified atom stereocenters. The van der Waals surface area contributed by atoms with Crippen LogP contribution in [0.2, 0.25) is 0 Å². The zero-order valence-corrected chi connectivity index (χ0v) is 14.1. The maximum absolute atomic E-state index is 10.8. The van der Waals surface area contributed by atoms with Crippen LogP contribution in [0.5, 0.6) is 6.01 Å². The zero-order valence-electron chi connectivity index (χ0n) is 14.1. The van der Waals surface area contributed by atoms with E-state index in [-0.39, 0.29) is 5.41 Å². The number of nitrogen functional groups attached to an aromatic ring is 1. The summed E-state index contributed by atoms with van der Waals surface area (Å²) in [6.45, 7) is 3.14. The Bertz CT molecular complexity index is 636. The number of rotatable bonds is 6. The van der Waals surface area contributed by atoms with Gasteiger partial charge in [-0.1, -0.05) is 12.1 Å². The summed E-state index contributed by atoms with van der Waals surface area (Å²) in [6.07, 6.45) is 6.15. The number of methoxy groups -OCH3 is 1. The van der Waals surface area contributed by atoms with Crippen molar-refractivity contribution in [1.29, 1.82) is 0 Å². The molecule has 0 saturated heterocycles. The fourth-order valence-corrected chi connectivity index (χ4v) is 1.88. The number of carbonyl (C=O) groups excluding carboxylic acids is 1. The van der Waals surface area contributed by atoms with E-state index in [0.29, 0.717) is 12.6 Å². The quantitative estimate of drug-likeness (QED) is 0.647. The monoisotopic (exact) mass is 329 g/mol. The van der Waals surface area contributed by atoms with Crippen molar-refractivity contribution in [3.8, 4) is 17.1 Å². The molecule has 24 heavy (non-hydrogen) atoms. The minimum absolute atomic E-state index is 0.293. The van der Waals surface area contributed by atoms with Crippen molar-refractivity contribution in [3.05, 3.63) is 36.7 Å². The number of nitrogens with zero attached hydrogens (tertiary/aromatic N) is 2. The second-order valence-electron chi connectivity index (χ2n) is 5.72. The first-order valence-electron chi connectivity index (χ1n) is 7.88. The van der Waals surface area contributed by atoms with Crippen LogP contribution >= 0.6 is 0 Å². The van der Waals surface area contributed by atoms with E-state index in [9.17, 15) is 4.79 Å². The van der Waals surface area contributed by atoms with Gasteiger partial charge >= 0.3 is 6.01 Å². The van der Waals surface area contributed by atoms with Gasteiger partial charge in [-0.2, -0.15) is 0 Å². The summed E-state index contributed by atoms with van der Waals surface area (Å²) in [6, 6.07) is 7.80. The predicted octanol–water partition coefficient (Wildman–Crippen LogP) is 2.74. The average molecular weight is 329 g/mol. The van der Waals surface area contributed by atoms with E-state index in [0.717, 1.165) is 42.5 Å². The summed E-state index contributed by atoms with van der Waals surface area (Å²) >= 11 is 0. The molecule has 0 spiro atoms. The van der Waals surface area contributed by atoms with Gasteiger partial charge in [0.1, 0.15) is 12.9 Å². The molecule has 0 aliphatic heterocycles. The van der Waals surface area contributed by atoms with Crippen molar-refractivity contribution in [2.75, 3.05) is 26.1 Å². The molecule has 1 saturated carbocycles. The minimum atomic E-state index is -0.293. The molecule has 0 bridgehead atoms. The number of aromatic nitrogens is 2. The molecule has 6 nitrogen and oxygen atoms in total. The Morgan fingerprint density at radius 1 is 1.17 bits per heavy atom. The summed E-state index contributed by atoms with van der Waals surface area (Å²) < 4.78 is 10.0. The van der Waals surface area contributed by atoms with Gasteiger partial charge in [0.05, 0.1) is 5.41 Å². The van der Waals surface area contributed by atoms with Crippen LogP contribution in [0.15, 0.2) is 36.7 Å². The summed E-state index contributed by atoms with van der Waals surface area (Å²) in [5.41, 5.74) is 7.97. The Balaban J connectivity index is 0.000000471. The topological polar surface area (TPSA) is 87.3 Å². The van der Waals surface area contributed by atoms with Crippen molar-refractivity contribution >= 4 is 12.0 Å². The van der Waals surface area contributed by atoms with E-state index in [1.807, 2.05) is 31.2 Å². The van der Waals surface area contributed by atoms with Crippen molar-refractivity contribution in [3.63, 3.8) is 0 Å². The number of anilines is 1. The van der Waals surface area contributed by atoms with Gasteiger partial charge in [0.2, 0.25) is 0 Å². The first-order chi connectivity index (χ1) is 11.6. The lowest BCUT2D eigenvalue weighted by molar-refractivity contribution is -0.113. The summed E-state index contributed by atoms with van der Waals surface area (Å²) in [5.74, 6) is 0. The van der Waals surface area contributed by atoms with E-state index in [2.05, 4.69) is 14.7 Å². The number of hydrogen-bond acceptors (Lipinski definition) is 6. The lowest BCUT2D eigenvalue weighted by Crippen LogP contribution is -2.15. The summed E-state index contributed by atoms with van der Waals surface area (Å²) in [4.78, 5) is 19.2. The van der Waals surface area contributed by atoms with Crippen LogP contribution in [-0.4, -0.2) is 36.6 Å². The van der Waals surface area contributed by atoms with Gasteiger partial charge in [-0.3, -0.25) is 0 Å². The molecule has 1 heterocycles. The van der Waals surface area contributed by atoms with Crippen LogP contribution in [0.25, 0.3) is 11.1 Å². The van der Waals surface area contributed by atoms with Crippen LogP contribution < -0.4 is 10.5 Å². The third-order valence-electron chi connectivity index (χ3n) is 3.79. The zero-order chi connectivity index (χ0) is 17.4. The fourth-order valence-electron chi connectivity index (χ4n) is 1.88. The van der Waals surface area contributed by atoms with E-state index in [1.54, 1.807) is 19.5 Å². The molecule has 1 aliphatic carbocycles. The number of hydrogen-bond donors (Lipinski definition) is 1. The normalized spacial score (nSPS) is 14.2.